The third-order valence-electron chi connectivity index (χ3n) is 3.06. The summed E-state index contributed by atoms with van der Waals surface area (Å²) >= 11 is 9.22. The molecule has 0 aliphatic carbocycles. The largest absolute Gasteiger partial charge is 0.444 e. The Bertz CT molecular complexity index is 488. The SMILES string of the molecule is CC(C)(C)OC(=O)N1CC[C@@H](CSCc2cnc(Cl)s2)C1. The summed E-state index contributed by atoms with van der Waals surface area (Å²) in [6.45, 7) is 7.29. The summed E-state index contributed by atoms with van der Waals surface area (Å²) in [5.74, 6) is 2.54. The first-order chi connectivity index (χ1) is 9.83. The van der Waals surface area contributed by atoms with E-state index in [0.29, 0.717) is 10.4 Å². The van der Waals surface area contributed by atoms with E-state index in [4.69, 9.17) is 16.3 Å². The van der Waals surface area contributed by atoms with Gasteiger partial charge in [-0.3, -0.25) is 0 Å². The van der Waals surface area contributed by atoms with Crippen LogP contribution in [0.3, 0.4) is 0 Å². The van der Waals surface area contributed by atoms with Crippen LogP contribution in [0.4, 0.5) is 4.79 Å². The minimum absolute atomic E-state index is 0.191. The molecule has 21 heavy (non-hydrogen) atoms. The average molecular weight is 349 g/mol. The van der Waals surface area contributed by atoms with Crippen LogP contribution in [0.25, 0.3) is 0 Å². The number of thioether (sulfide) groups is 1. The lowest BCUT2D eigenvalue weighted by Crippen LogP contribution is -2.35. The van der Waals surface area contributed by atoms with E-state index in [1.54, 1.807) is 0 Å². The molecule has 0 N–H and O–H groups in total. The van der Waals surface area contributed by atoms with Gasteiger partial charge in [0.1, 0.15) is 5.60 Å². The van der Waals surface area contributed by atoms with Crippen LogP contribution < -0.4 is 0 Å². The van der Waals surface area contributed by atoms with Crippen LogP contribution in [-0.2, 0) is 10.5 Å². The molecule has 1 atom stereocenters. The Morgan fingerprint density at radius 1 is 1.62 bits per heavy atom. The predicted octanol–water partition coefficient (Wildman–Crippen LogP) is 4.29. The summed E-state index contributed by atoms with van der Waals surface area (Å²) in [5, 5.41) is 0. The maximum absolute atomic E-state index is 12.0. The van der Waals surface area contributed by atoms with Crippen molar-refractivity contribution >= 4 is 40.8 Å². The van der Waals surface area contributed by atoms with Crippen LogP contribution in [0.15, 0.2) is 6.20 Å². The number of carbonyl (C=O) groups excluding carboxylic acids is 1. The zero-order valence-corrected chi connectivity index (χ0v) is 15.0. The highest BCUT2D eigenvalue weighted by Crippen LogP contribution is 2.27. The Morgan fingerprint density at radius 3 is 3.00 bits per heavy atom. The van der Waals surface area contributed by atoms with Crippen LogP contribution >= 0.6 is 34.7 Å². The summed E-state index contributed by atoms with van der Waals surface area (Å²) < 4.78 is 6.01. The molecule has 1 saturated heterocycles. The Balaban J connectivity index is 1.69. The zero-order valence-electron chi connectivity index (χ0n) is 12.6. The second kappa shape index (κ2) is 7.20. The van der Waals surface area contributed by atoms with E-state index >= 15 is 0 Å². The van der Waals surface area contributed by atoms with Gasteiger partial charge >= 0.3 is 6.09 Å². The summed E-state index contributed by atoms with van der Waals surface area (Å²) in [7, 11) is 0. The van der Waals surface area contributed by atoms with Crippen LogP contribution in [0.5, 0.6) is 0 Å². The van der Waals surface area contributed by atoms with E-state index in [1.807, 2.05) is 43.6 Å². The van der Waals surface area contributed by atoms with Gasteiger partial charge in [0.15, 0.2) is 4.47 Å². The standard InChI is InChI=1S/C14H21ClN2O2S2/c1-14(2,3)19-13(18)17-5-4-10(7-17)8-20-9-11-6-16-12(15)21-11/h6,10H,4-5,7-9H2,1-3H3/t10-/m1/s1. The van der Waals surface area contributed by atoms with Crippen molar-refractivity contribution in [3.63, 3.8) is 0 Å². The summed E-state index contributed by atoms with van der Waals surface area (Å²) in [4.78, 5) is 19.0. The molecule has 1 aliphatic heterocycles. The van der Waals surface area contributed by atoms with Gasteiger partial charge in [-0.2, -0.15) is 11.8 Å². The molecule has 0 aromatic carbocycles. The van der Waals surface area contributed by atoms with Gasteiger partial charge in [0.05, 0.1) is 0 Å². The smallest absolute Gasteiger partial charge is 0.410 e. The van der Waals surface area contributed by atoms with Crippen molar-refractivity contribution < 1.29 is 9.53 Å². The maximum atomic E-state index is 12.0. The average Bonchev–Trinajstić information content (AvgIpc) is 2.97. The molecule has 0 saturated carbocycles. The fourth-order valence-electron chi connectivity index (χ4n) is 2.14. The highest BCUT2D eigenvalue weighted by atomic mass is 35.5. The van der Waals surface area contributed by atoms with Crippen molar-refractivity contribution in [2.75, 3.05) is 18.8 Å². The normalized spacial score (nSPS) is 19.0. The number of carbonyl (C=O) groups is 1. The van der Waals surface area contributed by atoms with E-state index < -0.39 is 5.60 Å². The molecule has 1 aromatic rings. The van der Waals surface area contributed by atoms with Gasteiger partial charge in [0.25, 0.3) is 0 Å². The third-order valence-corrected chi connectivity index (χ3v) is 5.58. The second-order valence-corrected chi connectivity index (χ2v) is 8.90. The van der Waals surface area contributed by atoms with Crippen molar-refractivity contribution in [2.24, 2.45) is 5.92 Å². The molecule has 1 aromatic heterocycles. The first-order valence-corrected chi connectivity index (χ1v) is 9.34. The highest BCUT2D eigenvalue weighted by molar-refractivity contribution is 7.98. The number of hydrogen-bond donors (Lipinski definition) is 0. The molecule has 0 radical (unpaired) electrons. The lowest BCUT2D eigenvalue weighted by molar-refractivity contribution is 0.0289. The topological polar surface area (TPSA) is 42.4 Å². The molecule has 0 spiro atoms. The van der Waals surface area contributed by atoms with Crippen LogP contribution in [0, 0.1) is 5.92 Å². The first kappa shape index (κ1) is 16.9. The molecule has 1 fully saturated rings. The molecule has 1 aliphatic rings. The number of likely N-dealkylation sites (tertiary alicyclic amines) is 1. The molecule has 4 nitrogen and oxygen atoms in total. The molecular formula is C14H21ClN2O2S2. The molecule has 7 heteroatoms. The highest BCUT2D eigenvalue weighted by Gasteiger charge is 2.29. The molecule has 0 unspecified atom stereocenters. The Hall–Kier alpha value is -0.460. The first-order valence-electron chi connectivity index (χ1n) is 6.99. The number of halogens is 1. The van der Waals surface area contributed by atoms with Gasteiger partial charge in [-0.1, -0.05) is 11.6 Å². The van der Waals surface area contributed by atoms with Crippen molar-refractivity contribution in [3.8, 4) is 0 Å². The van der Waals surface area contributed by atoms with Gasteiger partial charge in [-0.15, -0.1) is 11.3 Å². The summed E-state index contributed by atoms with van der Waals surface area (Å²) in [5.41, 5.74) is -0.421. The van der Waals surface area contributed by atoms with Gasteiger partial charge in [0, 0.05) is 29.9 Å². The van der Waals surface area contributed by atoms with Crippen molar-refractivity contribution in [2.45, 2.75) is 38.5 Å². The molecule has 1 amide bonds. The number of rotatable bonds is 4. The van der Waals surface area contributed by atoms with E-state index in [0.717, 1.165) is 31.0 Å². The van der Waals surface area contributed by atoms with Crippen LogP contribution in [0.1, 0.15) is 32.1 Å². The molecule has 2 rings (SSSR count). The lowest BCUT2D eigenvalue weighted by atomic mass is 10.2. The van der Waals surface area contributed by atoms with E-state index in [1.165, 1.54) is 16.2 Å². The Kier molecular flexibility index (Phi) is 5.80. The number of thiazole rings is 1. The zero-order chi connectivity index (χ0) is 15.5. The number of ether oxygens (including phenoxy) is 1. The maximum Gasteiger partial charge on any atom is 0.410 e. The molecule has 118 valence electrons. The second-order valence-electron chi connectivity index (χ2n) is 6.18. The predicted molar refractivity (Wildman–Crippen MR) is 89.2 cm³/mol. The van der Waals surface area contributed by atoms with E-state index in [-0.39, 0.29) is 6.09 Å². The number of nitrogens with zero attached hydrogens (tertiary/aromatic N) is 2. The monoisotopic (exact) mass is 348 g/mol. The van der Waals surface area contributed by atoms with E-state index in [2.05, 4.69) is 4.98 Å². The van der Waals surface area contributed by atoms with Crippen molar-refractivity contribution in [1.82, 2.24) is 9.88 Å². The van der Waals surface area contributed by atoms with Gasteiger partial charge in [-0.05, 0) is 38.9 Å². The molecule has 2 heterocycles. The lowest BCUT2D eigenvalue weighted by Gasteiger charge is -2.24. The minimum Gasteiger partial charge on any atom is -0.444 e. The van der Waals surface area contributed by atoms with Crippen molar-refractivity contribution in [1.29, 1.82) is 0 Å². The Labute approximate surface area is 139 Å². The molecular weight excluding hydrogens is 328 g/mol. The van der Waals surface area contributed by atoms with Gasteiger partial charge < -0.3 is 9.64 Å². The van der Waals surface area contributed by atoms with Crippen molar-refractivity contribution in [3.05, 3.63) is 15.5 Å². The fourth-order valence-corrected chi connectivity index (χ4v) is 4.40. The number of amides is 1. The number of aromatic nitrogens is 1. The quantitative estimate of drug-likeness (QED) is 0.814. The fraction of sp³-hybridized carbons (Fsp3) is 0.714. The Morgan fingerprint density at radius 2 is 2.38 bits per heavy atom. The van der Waals surface area contributed by atoms with E-state index in [9.17, 15) is 4.79 Å². The molecule has 0 bridgehead atoms. The van der Waals surface area contributed by atoms with Gasteiger partial charge in [0.2, 0.25) is 0 Å². The third kappa shape index (κ3) is 5.68. The number of hydrogen-bond acceptors (Lipinski definition) is 5. The van der Waals surface area contributed by atoms with Crippen LogP contribution in [0.2, 0.25) is 4.47 Å². The van der Waals surface area contributed by atoms with Gasteiger partial charge in [-0.25, -0.2) is 9.78 Å². The van der Waals surface area contributed by atoms with Crippen LogP contribution in [-0.4, -0.2) is 40.4 Å². The minimum atomic E-state index is -0.421. The summed E-state index contributed by atoms with van der Waals surface area (Å²) in [6.07, 6.45) is 2.70. The summed E-state index contributed by atoms with van der Waals surface area (Å²) in [6, 6.07) is 0.